The summed E-state index contributed by atoms with van der Waals surface area (Å²) in [4.78, 5) is 57.9. The first-order chi connectivity index (χ1) is 19.8. The van der Waals surface area contributed by atoms with Gasteiger partial charge in [0.15, 0.2) is 11.5 Å². The highest BCUT2D eigenvalue weighted by molar-refractivity contribution is 9.10. The number of hydrogen-bond donors (Lipinski definition) is 1. The van der Waals surface area contributed by atoms with Gasteiger partial charge in [-0.2, -0.15) is 0 Å². The second-order valence-electron chi connectivity index (χ2n) is 10.3. The zero-order valence-electron chi connectivity index (χ0n) is 22.2. The first-order valence-corrected chi connectivity index (χ1v) is 16.0. The van der Waals surface area contributed by atoms with Crippen molar-refractivity contribution in [3.05, 3.63) is 67.0 Å². The van der Waals surface area contributed by atoms with Gasteiger partial charge in [0.1, 0.15) is 11.8 Å². The van der Waals surface area contributed by atoms with E-state index in [1.54, 1.807) is 48.2 Å². The van der Waals surface area contributed by atoms with Gasteiger partial charge in [-0.3, -0.25) is 23.7 Å². The number of aromatic hydroxyl groups is 1. The second kappa shape index (κ2) is 11.3. The lowest BCUT2D eigenvalue weighted by atomic mass is 9.83. The molecule has 0 radical (unpaired) electrons. The molecule has 3 aromatic rings. The predicted octanol–water partition coefficient (Wildman–Crippen LogP) is 4.58. The number of phenols is 1. The van der Waals surface area contributed by atoms with Crippen LogP contribution in [0.4, 0.5) is 5.69 Å². The number of thiazole rings is 1. The molecule has 4 heterocycles. The highest BCUT2D eigenvalue weighted by atomic mass is 79.9. The number of thioether (sulfide) groups is 1. The van der Waals surface area contributed by atoms with Crippen LogP contribution in [0.25, 0.3) is 0 Å². The normalized spacial score (nSPS) is 22.0. The Labute approximate surface area is 253 Å². The molecule has 3 amide bonds. The lowest BCUT2D eigenvalue weighted by molar-refractivity contribution is -0.133. The van der Waals surface area contributed by atoms with Crippen LogP contribution in [-0.2, 0) is 20.9 Å². The topological polar surface area (TPSA) is 109 Å². The Morgan fingerprint density at radius 3 is 2.49 bits per heavy atom. The number of piperidine rings is 1. The third-order valence-corrected chi connectivity index (χ3v) is 10.9. The van der Waals surface area contributed by atoms with Crippen LogP contribution < -0.4 is 14.5 Å². The van der Waals surface area contributed by atoms with Crippen molar-refractivity contribution in [3.63, 3.8) is 0 Å². The van der Waals surface area contributed by atoms with Gasteiger partial charge in [-0.05, 0) is 68.1 Å². The van der Waals surface area contributed by atoms with E-state index in [1.807, 2.05) is 0 Å². The summed E-state index contributed by atoms with van der Waals surface area (Å²) in [6.07, 6.45) is 2.96. The number of halogens is 1. The summed E-state index contributed by atoms with van der Waals surface area (Å²) in [5, 5.41) is 10.1. The number of benzene rings is 2. The number of anilines is 1. The Morgan fingerprint density at radius 2 is 1.78 bits per heavy atom. The van der Waals surface area contributed by atoms with Crippen LogP contribution >= 0.6 is 39.0 Å². The Bertz CT molecular complexity index is 1580. The monoisotopic (exact) mass is 657 g/mol. The lowest BCUT2D eigenvalue weighted by Crippen LogP contribution is -2.39. The SMILES string of the molecule is CCOc1cc(C2c3sc(=O)n(CC(=O)N4CCCCC4)c3SC3C(=O)N(c4ccc(Br)cc4)C(=O)C32)ccc1O. The summed E-state index contributed by atoms with van der Waals surface area (Å²) in [6, 6.07) is 11.9. The maximum absolute atomic E-state index is 14.0. The number of imide groups is 1. The van der Waals surface area contributed by atoms with Crippen LogP contribution in [0.1, 0.15) is 42.5 Å². The van der Waals surface area contributed by atoms with E-state index in [9.17, 15) is 24.3 Å². The molecule has 3 aliphatic rings. The quantitative estimate of drug-likeness (QED) is 0.387. The minimum Gasteiger partial charge on any atom is -0.504 e. The number of aromatic nitrogens is 1. The first-order valence-electron chi connectivity index (χ1n) is 13.6. The van der Waals surface area contributed by atoms with E-state index in [0.29, 0.717) is 40.9 Å². The summed E-state index contributed by atoms with van der Waals surface area (Å²) in [6.45, 7) is 3.36. The maximum Gasteiger partial charge on any atom is 0.308 e. The lowest BCUT2D eigenvalue weighted by Gasteiger charge is -2.31. The van der Waals surface area contributed by atoms with Crippen LogP contribution in [0.15, 0.2) is 56.8 Å². The molecule has 9 nitrogen and oxygen atoms in total. The number of amides is 3. The first kappa shape index (κ1) is 28.0. The van der Waals surface area contributed by atoms with Crippen LogP contribution in [0.5, 0.6) is 11.5 Å². The Kier molecular flexibility index (Phi) is 7.73. The van der Waals surface area contributed by atoms with Crippen LogP contribution in [0.2, 0.25) is 0 Å². The van der Waals surface area contributed by atoms with E-state index in [2.05, 4.69) is 15.9 Å². The van der Waals surface area contributed by atoms with E-state index >= 15 is 0 Å². The standard InChI is InChI=1S/C29H28BrN3O6S2/c1-2-39-20-14-16(6-11-19(20)34)22-23-24(27(37)33(26(23)36)18-9-7-17(30)8-10-18)40-28-25(22)41-29(38)32(28)15-21(35)31-12-4-3-5-13-31/h6-11,14,22-24,34H,2-5,12-13,15H2,1H3. The molecule has 0 aliphatic carbocycles. The molecule has 2 saturated heterocycles. The van der Waals surface area contributed by atoms with Crippen LogP contribution in [-0.4, -0.2) is 57.2 Å². The Morgan fingerprint density at radius 1 is 1.05 bits per heavy atom. The molecule has 0 spiro atoms. The molecule has 12 heteroatoms. The van der Waals surface area contributed by atoms with Gasteiger partial charge in [0.05, 0.1) is 23.2 Å². The number of ether oxygens (including phenoxy) is 1. The third kappa shape index (κ3) is 4.99. The molecule has 0 bridgehead atoms. The average Bonchev–Trinajstić information content (AvgIpc) is 3.41. The number of nitrogens with zero attached hydrogens (tertiary/aromatic N) is 3. The summed E-state index contributed by atoms with van der Waals surface area (Å²) in [5.41, 5.74) is 1.12. The average molecular weight is 659 g/mol. The molecule has 0 saturated carbocycles. The van der Waals surface area contributed by atoms with E-state index in [-0.39, 0.29) is 40.6 Å². The van der Waals surface area contributed by atoms with Crippen molar-refractivity contribution in [2.75, 3.05) is 24.6 Å². The number of fused-ring (bicyclic) bond motifs is 2. The summed E-state index contributed by atoms with van der Waals surface area (Å²) >= 11 is 5.60. The molecule has 41 heavy (non-hydrogen) atoms. The molecule has 3 atom stereocenters. The van der Waals surface area contributed by atoms with E-state index in [1.165, 1.54) is 27.3 Å². The highest BCUT2D eigenvalue weighted by Crippen LogP contribution is 2.54. The highest BCUT2D eigenvalue weighted by Gasteiger charge is 2.57. The van der Waals surface area contributed by atoms with Gasteiger partial charge in [-0.25, -0.2) is 4.90 Å². The summed E-state index contributed by atoms with van der Waals surface area (Å²) in [7, 11) is 0. The van der Waals surface area contributed by atoms with Crippen molar-refractivity contribution >= 4 is 62.4 Å². The van der Waals surface area contributed by atoms with E-state index in [4.69, 9.17) is 4.74 Å². The van der Waals surface area contributed by atoms with Gasteiger partial charge < -0.3 is 14.7 Å². The zero-order chi connectivity index (χ0) is 28.8. The number of carbonyl (C=O) groups is 3. The van der Waals surface area contributed by atoms with Crippen LogP contribution in [0, 0.1) is 5.92 Å². The van der Waals surface area contributed by atoms with Crippen molar-refractivity contribution in [2.45, 2.75) is 48.9 Å². The van der Waals surface area contributed by atoms with Crippen LogP contribution in [0.3, 0.4) is 0 Å². The number of rotatable bonds is 6. The summed E-state index contributed by atoms with van der Waals surface area (Å²) in [5.74, 6) is -2.05. The largest absolute Gasteiger partial charge is 0.504 e. The van der Waals surface area contributed by atoms with Gasteiger partial charge in [-0.1, -0.05) is 45.1 Å². The van der Waals surface area contributed by atoms with Crippen molar-refractivity contribution in [2.24, 2.45) is 5.92 Å². The zero-order valence-corrected chi connectivity index (χ0v) is 25.5. The molecule has 214 valence electrons. The molecular formula is C29H28BrN3O6S2. The Balaban J connectivity index is 1.45. The maximum atomic E-state index is 14.0. The van der Waals surface area contributed by atoms with Gasteiger partial charge in [0.2, 0.25) is 17.7 Å². The molecule has 3 aliphatic heterocycles. The van der Waals surface area contributed by atoms with Crippen molar-refractivity contribution in [3.8, 4) is 11.5 Å². The molecule has 3 unspecified atom stereocenters. The van der Waals surface area contributed by atoms with Gasteiger partial charge >= 0.3 is 4.87 Å². The number of phenolic OH excluding ortho intramolecular Hbond substituents is 1. The third-order valence-electron chi connectivity index (χ3n) is 7.78. The minimum atomic E-state index is -0.793. The number of carbonyl (C=O) groups excluding carboxylic acids is 3. The smallest absolute Gasteiger partial charge is 0.308 e. The molecule has 2 fully saturated rings. The molecule has 1 aromatic heterocycles. The number of hydrogen-bond acceptors (Lipinski definition) is 8. The van der Waals surface area contributed by atoms with Gasteiger partial charge in [-0.15, -0.1) is 0 Å². The minimum absolute atomic E-state index is 0.0410. The van der Waals surface area contributed by atoms with Crippen molar-refractivity contribution < 1.29 is 24.2 Å². The molecule has 2 aromatic carbocycles. The van der Waals surface area contributed by atoms with Gasteiger partial charge in [0.25, 0.3) is 0 Å². The molecular weight excluding hydrogens is 630 g/mol. The van der Waals surface area contributed by atoms with Crippen molar-refractivity contribution in [1.29, 1.82) is 0 Å². The van der Waals surface area contributed by atoms with Gasteiger partial charge in [0, 0.05) is 28.4 Å². The fraction of sp³-hybridized carbons (Fsp3) is 0.379. The fourth-order valence-corrected chi connectivity index (χ4v) is 8.87. The molecule has 1 N–H and O–H groups in total. The second-order valence-corrected chi connectivity index (χ2v) is 13.3. The molecule has 6 rings (SSSR count). The van der Waals surface area contributed by atoms with E-state index in [0.717, 1.165) is 35.1 Å². The van der Waals surface area contributed by atoms with Crippen molar-refractivity contribution in [1.82, 2.24) is 9.47 Å². The number of likely N-dealkylation sites (tertiary alicyclic amines) is 1. The predicted molar refractivity (Wildman–Crippen MR) is 160 cm³/mol. The van der Waals surface area contributed by atoms with E-state index < -0.39 is 17.1 Å². The Hall–Kier alpha value is -3.09. The summed E-state index contributed by atoms with van der Waals surface area (Å²) < 4.78 is 7.92. The fourth-order valence-electron chi connectivity index (χ4n) is 5.83.